The van der Waals surface area contributed by atoms with Crippen LogP contribution in [0.4, 0.5) is 0 Å². The molecule has 4 heteroatoms. The fourth-order valence-corrected chi connectivity index (χ4v) is 1.89. The summed E-state index contributed by atoms with van der Waals surface area (Å²) in [5, 5.41) is 18.4. The van der Waals surface area contributed by atoms with E-state index in [0.717, 1.165) is 0 Å². The zero-order valence-electron chi connectivity index (χ0n) is 8.32. The molecular weight excluding hydrogens is 170 g/mol. The Morgan fingerprint density at radius 3 is 2.15 bits per heavy atom. The van der Waals surface area contributed by atoms with Gasteiger partial charge in [-0.05, 0) is 12.8 Å². The molecule has 76 valence electrons. The zero-order chi connectivity index (χ0) is 10.2. The summed E-state index contributed by atoms with van der Waals surface area (Å²) in [4.78, 5) is 12.7. The highest BCUT2D eigenvalue weighted by molar-refractivity contribution is 5.74. The number of hydrogen-bond donors (Lipinski definition) is 2. The highest BCUT2D eigenvalue weighted by Gasteiger charge is 2.43. The first-order valence-electron chi connectivity index (χ1n) is 4.53. The van der Waals surface area contributed by atoms with E-state index in [9.17, 15) is 9.90 Å². The van der Waals surface area contributed by atoms with Gasteiger partial charge in [-0.1, -0.05) is 13.8 Å². The van der Waals surface area contributed by atoms with Gasteiger partial charge in [0.2, 0.25) is 0 Å². The molecule has 1 fully saturated rings. The normalized spacial score (nSPS) is 24.1. The molecule has 0 spiro atoms. The number of rotatable bonds is 3. The van der Waals surface area contributed by atoms with E-state index >= 15 is 0 Å². The summed E-state index contributed by atoms with van der Waals surface area (Å²) in [6.07, 6.45) is 0. The van der Waals surface area contributed by atoms with Crippen LogP contribution in [0.5, 0.6) is 0 Å². The van der Waals surface area contributed by atoms with Crippen molar-refractivity contribution in [3.63, 3.8) is 0 Å². The minimum absolute atomic E-state index is 0.0774. The third-order valence-electron chi connectivity index (χ3n) is 2.37. The fraction of sp³-hybridized carbons (Fsp3) is 0.889. The first-order chi connectivity index (χ1) is 5.83. The molecular formula is C9H17NO3. The van der Waals surface area contributed by atoms with Crippen LogP contribution >= 0.6 is 0 Å². The number of likely N-dealkylation sites (tertiary alicyclic amines) is 1. The van der Waals surface area contributed by atoms with Crippen molar-refractivity contribution in [2.75, 3.05) is 13.1 Å². The van der Waals surface area contributed by atoms with E-state index in [2.05, 4.69) is 0 Å². The van der Waals surface area contributed by atoms with E-state index in [4.69, 9.17) is 5.11 Å². The SMILES string of the molecule is CC(C)C(C(=O)O)N1CC(C)(O)C1. The molecule has 1 aliphatic heterocycles. The van der Waals surface area contributed by atoms with E-state index in [1.807, 2.05) is 13.8 Å². The average molecular weight is 187 g/mol. The van der Waals surface area contributed by atoms with E-state index in [1.54, 1.807) is 11.8 Å². The highest BCUT2D eigenvalue weighted by Crippen LogP contribution is 2.25. The lowest BCUT2D eigenvalue weighted by atomic mass is 9.91. The average Bonchev–Trinajstić information content (AvgIpc) is 1.80. The Labute approximate surface area is 78.2 Å². The van der Waals surface area contributed by atoms with Crippen molar-refractivity contribution in [2.24, 2.45) is 5.92 Å². The van der Waals surface area contributed by atoms with Gasteiger partial charge in [-0.2, -0.15) is 0 Å². The van der Waals surface area contributed by atoms with Crippen LogP contribution < -0.4 is 0 Å². The molecule has 0 amide bonds. The Kier molecular flexibility index (Phi) is 2.63. The lowest BCUT2D eigenvalue weighted by Crippen LogP contribution is -2.65. The molecule has 1 rings (SSSR count). The number of hydrogen-bond acceptors (Lipinski definition) is 3. The van der Waals surface area contributed by atoms with Crippen LogP contribution in [0, 0.1) is 5.92 Å². The van der Waals surface area contributed by atoms with Crippen LogP contribution in [-0.2, 0) is 4.79 Å². The predicted molar refractivity (Wildman–Crippen MR) is 48.5 cm³/mol. The summed E-state index contributed by atoms with van der Waals surface area (Å²) in [6.45, 7) is 6.41. The molecule has 1 aliphatic rings. The largest absolute Gasteiger partial charge is 0.480 e. The van der Waals surface area contributed by atoms with Crippen LogP contribution in [0.2, 0.25) is 0 Å². The number of β-amino-alcohol motifs (C(OH)–C–C–N with tert-alkyl or cyclic N) is 1. The van der Waals surface area contributed by atoms with Crippen LogP contribution in [-0.4, -0.2) is 45.8 Å². The number of carbonyl (C=O) groups is 1. The van der Waals surface area contributed by atoms with Gasteiger partial charge in [-0.3, -0.25) is 9.69 Å². The summed E-state index contributed by atoms with van der Waals surface area (Å²) >= 11 is 0. The number of aliphatic carboxylic acids is 1. The van der Waals surface area contributed by atoms with E-state index in [1.165, 1.54) is 0 Å². The Morgan fingerprint density at radius 1 is 1.46 bits per heavy atom. The van der Waals surface area contributed by atoms with E-state index in [-0.39, 0.29) is 5.92 Å². The van der Waals surface area contributed by atoms with Crippen LogP contribution in [0.25, 0.3) is 0 Å². The van der Waals surface area contributed by atoms with Crippen molar-refractivity contribution in [1.82, 2.24) is 4.90 Å². The maximum Gasteiger partial charge on any atom is 0.321 e. The minimum Gasteiger partial charge on any atom is -0.480 e. The highest BCUT2D eigenvalue weighted by atomic mass is 16.4. The first-order valence-corrected chi connectivity index (χ1v) is 4.53. The predicted octanol–water partition coefficient (Wildman–Crippen LogP) is 0.162. The van der Waals surface area contributed by atoms with Crippen molar-refractivity contribution in [3.8, 4) is 0 Å². The minimum atomic E-state index is -0.800. The summed E-state index contributed by atoms with van der Waals surface area (Å²) in [5.74, 6) is -0.723. The molecule has 1 heterocycles. The number of nitrogens with zero attached hydrogens (tertiary/aromatic N) is 1. The van der Waals surface area contributed by atoms with Gasteiger partial charge in [0.05, 0.1) is 5.60 Å². The van der Waals surface area contributed by atoms with Crippen LogP contribution in [0.1, 0.15) is 20.8 Å². The summed E-state index contributed by atoms with van der Waals surface area (Å²) in [7, 11) is 0. The lowest BCUT2D eigenvalue weighted by molar-refractivity contribution is -0.158. The van der Waals surface area contributed by atoms with Crippen molar-refractivity contribution >= 4 is 5.97 Å². The van der Waals surface area contributed by atoms with Gasteiger partial charge in [-0.15, -0.1) is 0 Å². The molecule has 13 heavy (non-hydrogen) atoms. The van der Waals surface area contributed by atoms with Gasteiger partial charge in [0, 0.05) is 13.1 Å². The van der Waals surface area contributed by atoms with E-state index in [0.29, 0.717) is 13.1 Å². The van der Waals surface area contributed by atoms with Crippen LogP contribution in [0.3, 0.4) is 0 Å². The third kappa shape index (κ3) is 2.19. The third-order valence-corrected chi connectivity index (χ3v) is 2.37. The second-order valence-corrected chi connectivity index (χ2v) is 4.43. The molecule has 2 N–H and O–H groups in total. The maximum absolute atomic E-state index is 10.9. The van der Waals surface area contributed by atoms with Crippen molar-refractivity contribution in [3.05, 3.63) is 0 Å². The summed E-state index contributed by atoms with van der Waals surface area (Å²) in [5.41, 5.74) is -0.692. The molecule has 0 aromatic rings. The molecule has 1 saturated heterocycles. The molecule has 0 radical (unpaired) electrons. The Bertz CT molecular complexity index is 205. The van der Waals surface area contributed by atoms with Gasteiger partial charge < -0.3 is 10.2 Å². The smallest absolute Gasteiger partial charge is 0.321 e. The van der Waals surface area contributed by atoms with Crippen LogP contribution in [0.15, 0.2) is 0 Å². The Morgan fingerprint density at radius 2 is 1.92 bits per heavy atom. The van der Waals surface area contributed by atoms with Gasteiger partial charge >= 0.3 is 5.97 Å². The fourth-order valence-electron chi connectivity index (χ4n) is 1.89. The molecule has 0 aromatic carbocycles. The summed E-state index contributed by atoms with van der Waals surface area (Å²) < 4.78 is 0. The zero-order valence-corrected chi connectivity index (χ0v) is 8.32. The molecule has 4 nitrogen and oxygen atoms in total. The van der Waals surface area contributed by atoms with Crippen molar-refractivity contribution < 1.29 is 15.0 Å². The molecule has 1 unspecified atom stereocenters. The van der Waals surface area contributed by atoms with Gasteiger partial charge in [0.1, 0.15) is 6.04 Å². The number of carboxylic acid groups (broad SMARTS) is 1. The number of aliphatic hydroxyl groups is 1. The maximum atomic E-state index is 10.9. The van der Waals surface area contributed by atoms with Gasteiger partial charge in [0.15, 0.2) is 0 Å². The molecule has 1 atom stereocenters. The Hall–Kier alpha value is -0.610. The van der Waals surface area contributed by atoms with Gasteiger partial charge in [0.25, 0.3) is 0 Å². The second-order valence-electron chi connectivity index (χ2n) is 4.43. The molecule has 0 saturated carbocycles. The first kappa shape index (κ1) is 10.5. The Balaban J connectivity index is 2.55. The molecule has 0 aromatic heterocycles. The summed E-state index contributed by atoms with van der Waals surface area (Å²) in [6, 6.07) is -0.458. The second kappa shape index (κ2) is 3.27. The lowest BCUT2D eigenvalue weighted by Gasteiger charge is -2.48. The van der Waals surface area contributed by atoms with Crippen molar-refractivity contribution in [1.29, 1.82) is 0 Å². The standard InChI is InChI=1S/C9H17NO3/c1-6(2)7(8(11)12)10-4-9(3,13)5-10/h6-7,13H,4-5H2,1-3H3,(H,11,12). The quantitative estimate of drug-likeness (QED) is 0.661. The molecule has 0 aliphatic carbocycles. The topological polar surface area (TPSA) is 60.8 Å². The monoisotopic (exact) mass is 187 g/mol. The van der Waals surface area contributed by atoms with Gasteiger partial charge in [-0.25, -0.2) is 0 Å². The van der Waals surface area contributed by atoms with Crippen molar-refractivity contribution in [2.45, 2.75) is 32.4 Å². The van der Waals surface area contributed by atoms with E-state index < -0.39 is 17.6 Å². The molecule has 0 bridgehead atoms. The number of carboxylic acids is 1.